The second-order valence-electron chi connectivity index (χ2n) is 4.76. The first-order chi connectivity index (χ1) is 10.2. The number of phenolic OH excluding ortho intramolecular Hbond substituents is 1. The number of hydrogen-bond acceptors (Lipinski definition) is 4. The standard InChI is InChI=1S/C15H11ClN2O3/c16-8-1-2-12(19)9(5-8)15-17-10-6-13-14(7-11(10)18-15)21-4-3-20-13/h1-2,5-7,19H,3-4H2,(H,17,18). The number of rotatable bonds is 1. The van der Waals surface area contributed by atoms with Crippen molar-refractivity contribution in [2.24, 2.45) is 0 Å². The largest absolute Gasteiger partial charge is 0.507 e. The molecule has 0 aliphatic carbocycles. The van der Waals surface area contributed by atoms with E-state index in [1.165, 1.54) is 0 Å². The van der Waals surface area contributed by atoms with Crippen LogP contribution in [0.2, 0.25) is 5.02 Å². The van der Waals surface area contributed by atoms with Crippen molar-refractivity contribution >= 4 is 22.6 Å². The van der Waals surface area contributed by atoms with Gasteiger partial charge in [-0.25, -0.2) is 4.98 Å². The van der Waals surface area contributed by atoms with E-state index in [0.29, 0.717) is 41.1 Å². The molecule has 4 rings (SSSR count). The highest BCUT2D eigenvalue weighted by Gasteiger charge is 2.16. The van der Waals surface area contributed by atoms with Crippen molar-refractivity contribution in [3.8, 4) is 28.6 Å². The molecular formula is C15H11ClN2O3. The van der Waals surface area contributed by atoms with Gasteiger partial charge in [-0.15, -0.1) is 0 Å². The summed E-state index contributed by atoms with van der Waals surface area (Å²) in [6.45, 7) is 1.07. The van der Waals surface area contributed by atoms with E-state index >= 15 is 0 Å². The van der Waals surface area contributed by atoms with Gasteiger partial charge in [-0.2, -0.15) is 0 Å². The van der Waals surface area contributed by atoms with Crippen LogP contribution < -0.4 is 9.47 Å². The van der Waals surface area contributed by atoms with E-state index in [1.807, 2.05) is 12.1 Å². The third-order valence-electron chi connectivity index (χ3n) is 3.36. The normalized spacial score (nSPS) is 13.6. The average Bonchev–Trinajstić information content (AvgIpc) is 2.89. The zero-order chi connectivity index (χ0) is 14.4. The summed E-state index contributed by atoms with van der Waals surface area (Å²) in [7, 11) is 0. The fraction of sp³-hybridized carbons (Fsp3) is 0.133. The van der Waals surface area contributed by atoms with Gasteiger partial charge in [0, 0.05) is 17.2 Å². The second kappa shape index (κ2) is 4.56. The van der Waals surface area contributed by atoms with Gasteiger partial charge in [0.2, 0.25) is 0 Å². The highest BCUT2D eigenvalue weighted by molar-refractivity contribution is 6.30. The summed E-state index contributed by atoms with van der Waals surface area (Å²) in [5.41, 5.74) is 2.11. The molecule has 21 heavy (non-hydrogen) atoms. The first-order valence-corrected chi connectivity index (χ1v) is 6.87. The number of aromatic amines is 1. The number of fused-ring (bicyclic) bond motifs is 2. The number of phenols is 1. The van der Waals surface area contributed by atoms with E-state index in [0.717, 1.165) is 11.0 Å². The van der Waals surface area contributed by atoms with Crippen LogP contribution >= 0.6 is 11.6 Å². The van der Waals surface area contributed by atoms with Crippen molar-refractivity contribution in [3.63, 3.8) is 0 Å². The summed E-state index contributed by atoms with van der Waals surface area (Å²) in [5, 5.41) is 10.5. The average molecular weight is 303 g/mol. The Kier molecular flexibility index (Phi) is 2.68. The van der Waals surface area contributed by atoms with Gasteiger partial charge in [-0.3, -0.25) is 0 Å². The Labute approximate surface area is 125 Å². The Bertz CT molecular complexity index is 801. The molecule has 5 nitrogen and oxygen atoms in total. The fourth-order valence-corrected chi connectivity index (χ4v) is 2.54. The summed E-state index contributed by atoms with van der Waals surface area (Å²) in [5.74, 6) is 2.05. The van der Waals surface area contributed by atoms with Gasteiger partial charge in [0.25, 0.3) is 0 Å². The van der Waals surface area contributed by atoms with Crippen LogP contribution in [-0.4, -0.2) is 28.3 Å². The molecule has 2 N–H and O–H groups in total. The molecule has 0 amide bonds. The maximum Gasteiger partial charge on any atom is 0.163 e. The SMILES string of the molecule is Oc1ccc(Cl)cc1-c1nc2cc3c(cc2[nH]1)OCCO3. The monoisotopic (exact) mass is 302 g/mol. The van der Waals surface area contributed by atoms with Crippen molar-refractivity contribution in [2.75, 3.05) is 13.2 Å². The first kappa shape index (κ1) is 12.3. The smallest absolute Gasteiger partial charge is 0.163 e. The second-order valence-corrected chi connectivity index (χ2v) is 5.20. The third kappa shape index (κ3) is 2.06. The zero-order valence-corrected chi connectivity index (χ0v) is 11.6. The molecule has 0 saturated carbocycles. The highest BCUT2D eigenvalue weighted by Crippen LogP contribution is 2.36. The molecule has 0 unspecified atom stereocenters. The van der Waals surface area contributed by atoms with E-state index in [9.17, 15) is 5.11 Å². The highest BCUT2D eigenvalue weighted by atomic mass is 35.5. The summed E-state index contributed by atoms with van der Waals surface area (Å²) in [4.78, 5) is 7.65. The summed E-state index contributed by atoms with van der Waals surface area (Å²) < 4.78 is 11.1. The number of aromatic hydroxyl groups is 1. The van der Waals surface area contributed by atoms with E-state index in [1.54, 1.807) is 18.2 Å². The van der Waals surface area contributed by atoms with Gasteiger partial charge in [0.15, 0.2) is 11.5 Å². The molecule has 0 bridgehead atoms. The van der Waals surface area contributed by atoms with Crippen LogP contribution in [0.15, 0.2) is 30.3 Å². The molecular weight excluding hydrogens is 292 g/mol. The number of halogens is 1. The fourth-order valence-electron chi connectivity index (χ4n) is 2.37. The van der Waals surface area contributed by atoms with Crippen molar-refractivity contribution < 1.29 is 14.6 Å². The summed E-state index contributed by atoms with van der Waals surface area (Å²) in [6.07, 6.45) is 0. The minimum atomic E-state index is 0.121. The number of imidazole rings is 1. The predicted molar refractivity (Wildman–Crippen MR) is 79.2 cm³/mol. The number of H-pyrrole nitrogens is 1. The van der Waals surface area contributed by atoms with E-state index in [-0.39, 0.29) is 5.75 Å². The maximum atomic E-state index is 9.96. The topological polar surface area (TPSA) is 67.4 Å². The third-order valence-corrected chi connectivity index (χ3v) is 3.59. The molecule has 1 aliphatic rings. The van der Waals surface area contributed by atoms with E-state index < -0.39 is 0 Å². The number of hydrogen-bond donors (Lipinski definition) is 2. The van der Waals surface area contributed by atoms with Crippen molar-refractivity contribution in [1.82, 2.24) is 9.97 Å². The lowest BCUT2D eigenvalue weighted by Gasteiger charge is -2.17. The molecule has 2 aromatic carbocycles. The maximum absolute atomic E-state index is 9.96. The Morgan fingerprint density at radius 2 is 1.86 bits per heavy atom. The van der Waals surface area contributed by atoms with Gasteiger partial charge in [0.1, 0.15) is 24.8 Å². The van der Waals surface area contributed by atoms with Gasteiger partial charge in [0.05, 0.1) is 16.6 Å². The predicted octanol–water partition coefficient (Wildman–Crippen LogP) is 3.36. The number of nitrogens with one attached hydrogen (secondary N) is 1. The van der Waals surface area contributed by atoms with Crippen molar-refractivity contribution in [3.05, 3.63) is 35.4 Å². The number of nitrogens with zero attached hydrogens (tertiary/aromatic N) is 1. The lowest BCUT2D eigenvalue weighted by molar-refractivity contribution is 0.172. The molecule has 6 heteroatoms. The van der Waals surface area contributed by atoms with E-state index in [2.05, 4.69) is 9.97 Å². The number of benzene rings is 2. The number of ether oxygens (including phenoxy) is 2. The lowest BCUT2D eigenvalue weighted by atomic mass is 10.2. The first-order valence-electron chi connectivity index (χ1n) is 6.49. The molecule has 0 saturated heterocycles. The zero-order valence-electron chi connectivity index (χ0n) is 10.9. The quantitative estimate of drug-likeness (QED) is 0.723. The van der Waals surface area contributed by atoms with Crippen LogP contribution in [-0.2, 0) is 0 Å². The van der Waals surface area contributed by atoms with Crippen molar-refractivity contribution in [2.45, 2.75) is 0 Å². The molecule has 106 valence electrons. The van der Waals surface area contributed by atoms with Crippen LogP contribution in [0.25, 0.3) is 22.4 Å². The van der Waals surface area contributed by atoms with Crippen LogP contribution in [0.4, 0.5) is 0 Å². The summed E-state index contributed by atoms with van der Waals surface area (Å²) >= 11 is 5.98. The van der Waals surface area contributed by atoms with Gasteiger partial charge >= 0.3 is 0 Å². The Morgan fingerprint density at radius 3 is 2.67 bits per heavy atom. The van der Waals surface area contributed by atoms with Crippen LogP contribution in [0.1, 0.15) is 0 Å². The van der Waals surface area contributed by atoms with Crippen LogP contribution in [0.5, 0.6) is 17.2 Å². The van der Waals surface area contributed by atoms with Crippen molar-refractivity contribution in [1.29, 1.82) is 0 Å². The molecule has 2 heterocycles. The molecule has 0 spiro atoms. The molecule has 0 atom stereocenters. The minimum absolute atomic E-state index is 0.121. The molecule has 0 fully saturated rings. The Morgan fingerprint density at radius 1 is 1.10 bits per heavy atom. The lowest BCUT2D eigenvalue weighted by Crippen LogP contribution is -2.15. The minimum Gasteiger partial charge on any atom is -0.507 e. The van der Waals surface area contributed by atoms with Gasteiger partial charge in [-0.05, 0) is 18.2 Å². The Balaban J connectivity index is 1.88. The van der Waals surface area contributed by atoms with Crippen LogP contribution in [0, 0.1) is 0 Å². The van der Waals surface area contributed by atoms with E-state index in [4.69, 9.17) is 21.1 Å². The molecule has 1 aliphatic heterocycles. The van der Waals surface area contributed by atoms with Gasteiger partial charge < -0.3 is 19.6 Å². The van der Waals surface area contributed by atoms with Crippen LogP contribution in [0.3, 0.4) is 0 Å². The molecule has 1 aromatic heterocycles. The molecule has 0 radical (unpaired) electrons. The summed E-state index contributed by atoms with van der Waals surface area (Å²) in [6, 6.07) is 8.51. The number of aromatic nitrogens is 2. The van der Waals surface area contributed by atoms with Gasteiger partial charge in [-0.1, -0.05) is 11.6 Å². The Hall–Kier alpha value is -2.40. The molecule has 3 aromatic rings.